The smallest absolute Gasteiger partial charge is 0.229 e. The molecule has 1 aromatic heterocycles. The Balaban J connectivity index is 1.38. The van der Waals surface area contributed by atoms with Crippen LogP contribution in [-0.4, -0.2) is 47.0 Å². The summed E-state index contributed by atoms with van der Waals surface area (Å²) in [5.74, 6) is 3.08. The highest BCUT2D eigenvalue weighted by Crippen LogP contribution is 2.24. The normalized spacial score (nSPS) is 13.8. The number of aromatic nitrogens is 2. The van der Waals surface area contributed by atoms with E-state index in [9.17, 15) is 4.79 Å². The number of amides is 1. The van der Waals surface area contributed by atoms with Gasteiger partial charge < -0.3 is 19.9 Å². The lowest BCUT2D eigenvalue weighted by molar-refractivity contribution is -0.129. The summed E-state index contributed by atoms with van der Waals surface area (Å²) in [6.07, 6.45) is 1.74. The number of para-hydroxylation sites is 1. The number of ether oxygens (including phenoxy) is 1. The number of piperazine rings is 1. The SMILES string of the molecule is CC(=O)N1CCN(c2ccnc(Nc3ccc(Oc4ccccc4)cc3)n2)CC1. The van der Waals surface area contributed by atoms with Crippen molar-refractivity contribution in [1.29, 1.82) is 0 Å². The second-order valence-corrected chi connectivity index (χ2v) is 6.80. The number of carbonyl (C=O) groups is 1. The van der Waals surface area contributed by atoms with Crippen LogP contribution in [-0.2, 0) is 4.79 Å². The summed E-state index contributed by atoms with van der Waals surface area (Å²) < 4.78 is 5.81. The third kappa shape index (κ3) is 4.82. The second-order valence-electron chi connectivity index (χ2n) is 6.80. The van der Waals surface area contributed by atoms with E-state index in [0.29, 0.717) is 19.0 Å². The topological polar surface area (TPSA) is 70.6 Å². The zero-order valence-electron chi connectivity index (χ0n) is 16.3. The third-order valence-electron chi connectivity index (χ3n) is 4.78. The van der Waals surface area contributed by atoms with E-state index < -0.39 is 0 Å². The number of hydrogen-bond acceptors (Lipinski definition) is 6. The summed E-state index contributed by atoms with van der Waals surface area (Å²) in [7, 11) is 0. The van der Waals surface area contributed by atoms with E-state index in [1.165, 1.54) is 0 Å². The van der Waals surface area contributed by atoms with Crippen LogP contribution >= 0.6 is 0 Å². The van der Waals surface area contributed by atoms with Crippen LogP contribution in [0.15, 0.2) is 66.9 Å². The maximum atomic E-state index is 11.5. The molecule has 1 fully saturated rings. The van der Waals surface area contributed by atoms with E-state index in [-0.39, 0.29) is 5.91 Å². The molecule has 7 nitrogen and oxygen atoms in total. The van der Waals surface area contributed by atoms with Gasteiger partial charge in [0.15, 0.2) is 0 Å². The molecule has 0 radical (unpaired) electrons. The first-order valence-corrected chi connectivity index (χ1v) is 9.61. The maximum absolute atomic E-state index is 11.5. The van der Waals surface area contributed by atoms with Gasteiger partial charge in [-0.1, -0.05) is 18.2 Å². The average molecular weight is 389 g/mol. The van der Waals surface area contributed by atoms with Crippen molar-refractivity contribution in [2.45, 2.75) is 6.92 Å². The lowest BCUT2D eigenvalue weighted by Crippen LogP contribution is -2.48. The summed E-state index contributed by atoms with van der Waals surface area (Å²) in [6, 6.07) is 19.2. The molecule has 0 atom stereocenters. The molecule has 0 saturated carbocycles. The summed E-state index contributed by atoms with van der Waals surface area (Å²) in [4.78, 5) is 24.5. The summed E-state index contributed by atoms with van der Waals surface area (Å²) in [6.45, 7) is 4.57. The molecule has 1 amide bonds. The fourth-order valence-electron chi connectivity index (χ4n) is 3.20. The first-order valence-electron chi connectivity index (χ1n) is 9.61. The molecule has 0 bridgehead atoms. The Bertz CT molecular complexity index is 954. The summed E-state index contributed by atoms with van der Waals surface area (Å²) in [5, 5.41) is 3.23. The fourth-order valence-corrected chi connectivity index (χ4v) is 3.20. The summed E-state index contributed by atoms with van der Waals surface area (Å²) >= 11 is 0. The lowest BCUT2D eigenvalue weighted by Gasteiger charge is -2.34. The molecule has 1 aliphatic rings. The highest BCUT2D eigenvalue weighted by Gasteiger charge is 2.19. The predicted molar refractivity (Wildman–Crippen MR) is 113 cm³/mol. The molecule has 0 aliphatic carbocycles. The van der Waals surface area contributed by atoms with Crippen LogP contribution < -0.4 is 15.0 Å². The fraction of sp³-hybridized carbons (Fsp3) is 0.227. The number of hydrogen-bond donors (Lipinski definition) is 1. The van der Waals surface area contributed by atoms with Gasteiger partial charge in [-0.2, -0.15) is 4.98 Å². The minimum atomic E-state index is 0.120. The Labute approximate surface area is 170 Å². The summed E-state index contributed by atoms with van der Waals surface area (Å²) in [5.41, 5.74) is 0.879. The largest absolute Gasteiger partial charge is 0.457 e. The van der Waals surface area contributed by atoms with Gasteiger partial charge in [-0.05, 0) is 42.5 Å². The van der Waals surface area contributed by atoms with Crippen LogP contribution in [0, 0.1) is 0 Å². The molecule has 3 aromatic rings. The number of nitrogens with one attached hydrogen (secondary N) is 1. The highest BCUT2D eigenvalue weighted by molar-refractivity contribution is 5.73. The number of rotatable bonds is 5. The Hall–Kier alpha value is -3.61. The van der Waals surface area contributed by atoms with Gasteiger partial charge in [0.25, 0.3) is 0 Å². The van der Waals surface area contributed by atoms with E-state index in [2.05, 4.69) is 20.2 Å². The first kappa shape index (κ1) is 18.7. The van der Waals surface area contributed by atoms with Crippen molar-refractivity contribution in [3.05, 3.63) is 66.9 Å². The van der Waals surface area contributed by atoms with Crippen LogP contribution in [0.3, 0.4) is 0 Å². The van der Waals surface area contributed by atoms with Crippen molar-refractivity contribution >= 4 is 23.4 Å². The molecule has 7 heteroatoms. The van der Waals surface area contributed by atoms with Crippen molar-refractivity contribution in [2.24, 2.45) is 0 Å². The molecule has 0 unspecified atom stereocenters. The highest BCUT2D eigenvalue weighted by atomic mass is 16.5. The molecule has 4 rings (SSSR count). The van der Waals surface area contributed by atoms with E-state index in [4.69, 9.17) is 4.74 Å². The molecule has 1 saturated heterocycles. The lowest BCUT2D eigenvalue weighted by atomic mass is 10.3. The number of nitrogens with zero attached hydrogens (tertiary/aromatic N) is 4. The van der Waals surface area contributed by atoms with Gasteiger partial charge in [-0.3, -0.25) is 4.79 Å². The van der Waals surface area contributed by atoms with Gasteiger partial charge in [0.1, 0.15) is 17.3 Å². The predicted octanol–water partition coefficient (Wildman–Crippen LogP) is 3.68. The van der Waals surface area contributed by atoms with Crippen molar-refractivity contribution in [3.63, 3.8) is 0 Å². The second kappa shape index (κ2) is 8.60. The number of carbonyl (C=O) groups excluding carboxylic acids is 1. The zero-order valence-corrected chi connectivity index (χ0v) is 16.3. The van der Waals surface area contributed by atoms with Gasteiger partial charge in [0.2, 0.25) is 11.9 Å². The molecule has 29 heavy (non-hydrogen) atoms. The van der Waals surface area contributed by atoms with Gasteiger partial charge in [-0.15, -0.1) is 0 Å². The van der Waals surface area contributed by atoms with Crippen LogP contribution in [0.1, 0.15) is 6.92 Å². The third-order valence-corrected chi connectivity index (χ3v) is 4.78. The minimum Gasteiger partial charge on any atom is -0.457 e. The molecule has 1 N–H and O–H groups in total. The van der Waals surface area contributed by atoms with Gasteiger partial charge in [0.05, 0.1) is 0 Å². The van der Waals surface area contributed by atoms with Crippen LogP contribution in [0.4, 0.5) is 17.5 Å². The van der Waals surface area contributed by atoms with Crippen molar-refractivity contribution in [3.8, 4) is 11.5 Å². The van der Waals surface area contributed by atoms with Crippen molar-refractivity contribution in [2.75, 3.05) is 36.4 Å². The molecule has 2 aromatic carbocycles. The molecule has 148 valence electrons. The first-order chi connectivity index (χ1) is 14.2. The Morgan fingerprint density at radius 2 is 1.62 bits per heavy atom. The molecular weight excluding hydrogens is 366 g/mol. The van der Waals surface area contributed by atoms with Crippen LogP contribution in [0.25, 0.3) is 0 Å². The van der Waals surface area contributed by atoms with Gasteiger partial charge >= 0.3 is 0 Å². The number of anilines is 3. The van der Waals surface area contributed by atoms with Gasteiger partial charge in [0, 0.05) is 45.0 Å². The van der Waals surface area contributed by atoms with Crippen molar-refractivity contribution < 1.29 is 9.53 Å². The standard InChI is InChI=1S/C22H23N5O2/c1-17(28)26-13-15-27(16-14-26)21-11-12-23-22(25-21)24-18-7-9-20(10-8-18)29-19-5-3-2-4-6-19/h2-12H,13-16H2,1H3,(H,23,24,25). The zero-order chi connectivity index (χ0) is 20.1. The molecule has 1 aliphatic heterocycles. The molecular formula is C22H23N5O2. The maximum Gasteiger partial charge on any atom is 0.229 e. The van der Waals surface area contributed by atoms with Crippen LogP contribution in [0.5, 0.6) is 11.5 Å². The Kier molecular flexibility index (Phi) is 5.56. The van der Waals surface area contributed by atoms with E-state index in [1.807, 2.05) is 65.6 Å². The monoisotopic (exact) mass is 389 g/mol. The van der Waals surface area contributed by atoms with E-state index in [1.54, 1.807) is 13.1 Å². The number of benzene rings is 2. The Morgan fingerprint density at radius 3 is 2.31 bits per heavy atom. The average Bonchev–Trinajstić information content (AvgIpc) is 2.76. The minimum absolute atomic E-state index is 0.120. The van der Waals surface area contributed by atoms with E-state index in [0.717, 1.165) is 36.1 Å². The van der Waals surface area contributed by atoms with E-state index >= 15 is 0 Å². The van der Waals surface area contributed by atoms with Crippen LogP contribution in [0.2, 0.25) is 0 Å². The molecule has 0 spiro atoms. The van der Waals surface area contributed by atoms with Gasteiger partial charge in [-0.25, -0.2) is 4.98 Å². The molecule has 2 heterocycles. The quantitative estimate of drug-likeness (QED) is 0.718. The Morgan fingerprint density at radius 1 is 0.931 bits per heavy atom. The van der Waals surface area contributed by atoms with Crippen molar-refractivity contribution in [1.82, 2.24) is 14.9 Å².